The number of hydrogen-bond donors (Lipinski definition) is 0. The Morgan fingerprint density at radius 2 is 1.67 bits per heavy atom. The summed E-state index contributed by atoms with van der Waals surface area (Å²) in [7, 11) is 0. The summed E-state index contributed by atoms with van der Waals surface area (Å²) in [5.74, 6) is 0.663. The average molecular weight is 198 g/mol. The van der Waals surface area contributed by atoms with E-state index >= 15 is 0 Å². The standard InChI is InChI=1S/C15H18/c1-4-12(3)13-7-8-14-9-11(2)5-6-15(14)10-13/h5-10,12H,4H2,1-3H3/t12-/m1/s1. The Hall–Kier alpha value is -1.30. The van der Waals surface area contributed by atoms with Gasteiger partial charge in [0, 0.05) is 0 Å². The van der Waals surface area contributed by atoms with Crippen LogP contribution in [0.5, 0.6) is 0 Å². The van der Waals surface area contributed by atoms with E-state index in [9.17, 15) is 0 Å². The van der Waals surface area contributed by atoms with E-state index in [1.165, 1.54) is 28.3 Å². The molecular weight excluding hydrogens is 180 g/mol. The van der Waals surface area contributed by atoms with Gasteiger partial charge in [0.05, 0.1) is 0 Å². The summed E-state index contributed by atoms with van der Waals surface area (Å²) in [4.78, 5) is 0. The highest BCUT2D eigenvalue weighted by atomic mass is 14.1. The lowest BCUT2D eigenvalue weighted by molar-refractivity contribution is 0.735. The van der Waals surface area contributed by atoms with Crippen molar-refractivity contribution in [3.63, 3.8) is 0 Å². The first kappa shape index (κ1) is 10.2. The molecule has 78 valence electrons. The summed E-state index contributed by atoms with van der Waals surface area (Å²) in [6.07, 6.45) is 1.21. The highest BCUT2D eigenvalue weighted by Crippen LogP contribution is 2.24. The van der Waals surface area contributed by atoms with Crippen molar-refractivity contribution < 1.29 is 0 Å². The van der Waals surface area contributed by atoms with Gasteiger partial charge in [-0.3, -0.25) is 0 Å². The van der Waals surface area contributed by atoms with Crippen LogP contribution in [0.3, 0.4) is 0 Å². The molecule has 2 rings (SSSR count). The smallest absolute Gasteiger partial charge is 0.0181 e. The molecular formula is C15H18. The van der Waals surface area contributed by atoms with Crippen LogP contribution in [-0.2, 0) is 0 Å². The number of aryl methyl sites for hydroxylation is 1. The number of hydrogen-bond acceptors (Lipinski definition) is 0. The Balaban J connectivity index is 2.52. The van der Waals surface area contributed by atoms with Crippen LogP contribution in [0.25, 0.3) is 10.8 Å². The van der Waals surface area contributed by atoms with Crippen molar-refractivity contribution >= 4 is 10.8 Å². The molecule has 0 bridgehead atoms. The molecule has 0 unspecified atom stereocenters. The fourth-order valence-electron chi connectivity index (χ4n) is 1.93. The maximum atomic E-state index is 2.32. The zero-order chi connectivity index (χ0) is 10.8. The molecule has 0 nitrogen and oxygen atoms in total. The minimum Gasteiger partial charge on any atom is -0.0648 e. The summed E-state index contributed by atoms with van der Waals surface area (Å²) in [5, 5.41) is 2.71. The van der Waals surface area contributed by atoms with Gasteiger partial charge < -0.3 is 0 Å². The van der Waals surface area contributed by atoms with Gasteiger partial charge in [-0.05, 0) is 35.6 Å². The molecule has 0 aliphatic carbocycles. The van der Waals surface area contributed by atoms with Crippen LogP contribution in [0.4, 0.5) is 0 Å². The third-order valence-corrected chi connectivity index (χ3v) is 3.20. The maximum absolute atomic E-state index is 2.32. The molecule has 0 heteroatoms. The van der Waals surface area contributed by atoms with Crippen LogP contribution in [0.15, 0.2) is 36.4 Å². The lowest BCUT2D eigenvalue weighted by atomic mass is 9.95. The van der Waals surface area contributed by atoms with Crippen molar-refractivity contribution in [3.8, 4) is 0 Å². The number of benzene rings is 2. The van der Waals surface area contributed by atoms with Crippen LogP contribution in [-0.4, -0.2) is 0 Å². The molecule has 2 aromatic rings. The average Bonchev–Trinajstić information content (AvgIpc) is 2.27. The fourth-order valence-corrected chi connectivity index (χ4v) is 1.93. The Kier molecular flexibility index (Phi) is 2.77. The monoisotopic (exact) mass is 198 g/mol. The molecule has 0 saturated heterocycles. The van der Waals surface area contributed by atoms with Crippen molar-refractivity contribution in [2.45, 2.75) is 33.1 Å². The lowest BCUT2D eigenvalue weighted by Crippen LogP contribution is -1.90. The first-order valence-electron chi connectivity index (χ1n) is 5.71. The quantitative estimate of drug-likeness (QED) is 0.658. The van der Waals surface area contributed by atoms with Gasteiger partial charge in [-0.1, -0.05) is 55.8 Å². The first-order chi connectivity index (χ1) is 7.20. The predicted octanol–water partition coefficient (Wildman–Crippen LogP) is 4.66. The molecule has 0 fully saturated rings. The van der Waals surface area contributed by atoms with Crippen molar-refractivity contribution in [1.29, 1.82) is 0 Å². The SMILES string of the molecule is CC[C@@H](C)c1ccc2cc(C)ccc2c1. The molecule has 2 aromatic carbocycles. The highest BCUT2D eigenvalue weighted by molar-refractivity contribution is 5.83. The fraction of sp³-hybridized carbons (Fsp3) is 0.333. The Labute approximate surface area is 91.9 Å². The van der Waals surface area contributed by atoms with Crippen molar-refractivity contribution in [1.82, 2.24) is 0 Å². The summed E-state index contributed by atoms with van der Waals surface area (Å²) in [6, 6.07) is 13.5. The van der Waals surface area contributed by atoms with Gasteiger partial charge in [0.2, 0.25) is 0 Å². The molecule has 1 atom stereocenters. The molecule has 0 amide bonds. The van der Waals surface area contributed by atoms with Gasteiger partial charge in [0.1, 0.15) is 0 Å². The number of fused-ring (bicyclic) bond motifs is 1. The van der Waals surface area contributed by atoms with E-state index in [4.69, 9.17) is 0 Å². The molecule has 0 radical (unpaired) electrons. The van der Waals surface area contributed by atoms with Crippen molar-refractivity contribution in [3.05, 3.63) is 47.5 Å². The third-order valence-electron chi connectivity index (χ3n) is 3.20. The van der Waals surface area contributed by atoms with Gasteiger partial charge >= 0.3 is 0 Å². The van der Waals surface area contributed by atoms with E-state index in [1.54, 1.807) is 0 Å². The van der Waals surface area contributed by atoms with Gasteiger partial charge in [0.15, 0.2) is 0 Å². The second-order valence-corrected chi connectivity index (χ2v) is 4.42. The Morgan fingerprint density at radius 3 is 2.40 bits per heavy atom. The minimum absolute atomic E-state index is 0.663. The largest absolute Gasteiger partial charge is 0.0648 e. The highest BCUT2D eigenvalue weighted by Gasteiger charge is 2.03. The van der Waals surface area contributed by atoms with E-state index < -0.39 is 0 Å². The van der Waals surface area contributed by atoms with E-state index in [0.717, 1.165) is 0 Å². The topological polar surface area (TPSA) is 0 Å². The molecule has 0 aliphatic rings. The Bertz CT molecular complexity index is 468. The molecule has 0 aliphatic heterocycles. The van der Waals surface area contributed by atoms with Gasteiger partial charge in [-0.2, -0.15) is 0 Å². The third kappa shape index (κ3) is 2.04. The molecule has 0 aromatic heterocycles. The van der Waals surface area contributed by atoms with E-state index in [-0.39, 0.29) is 0 Å². The van der Waals surface area contributed by atoms with Gasteiger partial charge in [-0.15, -0.1) is 0 Å². The summed E-state index contributed by atoms with van der Waals surface area (Å²) in [6.45, 7) is 6.67. The summed E-state index contributed by atoms with van der Waals surface area (Å²) in [5.41, 5.74) is 2.78. The van der Waals surface area contributed by atoms with E-state index in [0.29, 0.717) is 5.92 Å². The summed E-state index contributed by atoms with van der Waals surface area (Å²) < 4.78 is 0. The molecule has 15 heavy (non-hydrogen) atoms. The minimum atomic E-state index is 0.663. The van der Waals surface area contributed by atoms with Gasteiger partial charge in [-0.25, -0.2) is 0 Å². The zero-order valence-corrected chi connectivity index (χ0v) is 9.75. The lowest BCUT2D eigenvalue weighted by Gasteiger charge is -2.10. The molecule has 0 N–H and O–H groups in total. The van der Waals surface area contributed by atoms with Gasteiger partial charge in [0.25, 0.3) is 0 Å². The molecule has 0 heterocycles. The summed E-state index contributed by atoms with van der Waals surface area (Å²) >= 11 is 0. The van der Waals surface area contributed by atoms with Crippen LogP contribution in [0.2, 0.25) is 0 Å². The van der Waals surface area contributed by atoms with Crippen LogP contribution in [0, 0.1) is 6.92 Å². The normalized spacial score (nSPS) is 13.0. The Morgan fingerprint density at radius 1 is 1.00 bits per heavy atom. The van der Waals surface area contributed by atoms with Crippen LogP contribution >= 0.6 is 0 Å². The second-order valence-electron chi connectivity index (χ2n) is 4.42. The van der Waals surface area contributed by atoms with E-state index in [1.807, 2.05) is 0 Å². The van der Waals surface area contributed by atoms with Crippen LogP contribution in [0.1, 0.15) is 37.3 Å². The first-order valence-corrected chi connectivity index (χ1v) is 5.71. The van der Waals surface area contributed by atoms with Crippen molar-refractivity contribution in [2.75, 3.05) is 0 Å². The molecule has 0 saturated carbocycles. The zero-order valence-electron chi connectivity index (χ0n) is 9.75. The van der Waals surface area contributed by atoms with E-state index in [2.05, 4.69) is 57.2 Å². The van der Waals surface area contributed by atoms with Crippen LogP contribution < -0.4 is 0 Å². The second kappa shape index (κ2) is 4.06. The molecule has 0 spiro atoms. The predicted molar refractivity (Wildman–Crippen MR) is 67.4 cm³/mol. The van der Waals surface area contributed by atoms with Crippen molar-refractivity contribution in [2.24, 2.45) is 0 Å². The number of rotatable bonds is 2. The maximum Gasteiger partial charge on any atom is -0.0181 e.